The summed E-state index contributed by atoms with van der Waals surface area (Å²) in [5.74, 6) is -0.0916. The maximum Gasteiger partial charge on any atom is 0.410 e. The Morgan fingerprint density at radius 2 is 2.21 bits per heavy atom. The third-order valence-electron chi connectivity index (χ3n) is 5.74. The Kier molecular flexibility index (Phi) is 5.67. The van der Waals surface area contributed by atoms with E-state index in [0.29, 0.717) is 11.0 Å². The van der Waals surface area contributed by atoms with E-state index in [1.807, 2.05) is 24.4 Å². The number of hydrogen-bond donors (Lipinski definition) is 1. The molecule has 158 valence electrons. The number of thiophene rings is 1. The van der Waals surface area contributed by atoms with Crippen LogP contribution in [0, 0.1) is 0 Å². The van der Waals surface area contributed by atoms with E-state index in [9.17, 15) is 18.0 Å². The zero-order valence-corrected chi connectivity index (χ0v) is 18.3. The number of rotatable bonds is 3. The number of alkyl halides is 3. The number of fused-ring (bicyclic) bond motifs is 1. The first-order valence-corrected chi connectivity index (χ1v) is 11.4. The Morgan fingerprint density at radius 1 is 1.41 bits per heavy atom. The monoisotopic (exact) mass is 490 g/mol. The molecule has 2 aliphatic rings. The lowest BCUT2D eigenvalue weighted by Gasteiger charge is -2.34. The van der Waals surface area contributed by atoms with Crippen molar-refractivity contribution in [1.29, 1.82) is 0 Å². The molecule has 0 spiro atoms. The van der Waals surface area contributed by atoms with Crippen molar-refractivity contribution in [2.24, 2.45) is 0 Å². The van der Waals surface area contributed by atoms with E-state index in [4.69, 9.17) is 0 Å². The van der Waals surface area contributed by atoms with Crippen LogP contribution in [0.3, 0.4) is 0 Å². The highest BCUT2D eigenvalue weighted by Crippen LogP contribution is 2.47. The summed E-state index contributed by atoms with van der Waals surface area (Å²) in [6.45, 7) is 2.64. The molecule has 0 radical (unpaired) electrons. The first-order valence-electron chi connectivity index (χ1n) is 9.76. The molecule has 1 saturated heterocycles. The number of halogens is 4. The Hall–Kier alpha value is -1.55. The van der Waals surface area contributed by atoms with Crippen molar-refractivity contribution in [3.05, 3.63) is 32.6 Å². The number of nitrogens with zero attached hydrogens (tertiary/aromatic N) is 3. The van der Waals surface area contributed by atoms with Crippen LogP contribution in [0.2, 0.25) is 0 Å². The predicted octanol–water partition coefficient (Wildman–Crippen LogP) is 5.77. The zero-order valence-electron chi connectivity index (χ0n) is 15.9. The number of amides is 1. The summed E-state index contributed by atoms with van der Waals surface area (Å²) in [5.41, 5.74) is 0.0499. The highest BCUT2D eigenvalue weighted by atomic mass is 79.9. The topological polar surface area (TPSA) is 50.2 Å². The van der Waals surface area contributed by atoms with E-state index in [2.05, 4.69) is 26.3 Å². The van der Waals surface area contributed by atoms with Gasteiger partial charge < -0.3 is 10.2 Å². The second-order valence-electron chi connectivity index (χ2n) is 7.52. The summed E-state index contributed by atoms with van der Waals surface area (Å²) < 4.78 is 42.8. The van der Waals surface area contributed by atoms with Crippen LogP contribution in [-0.4, -0.2) is 39.4 Å². The smallest absolute Gasteiger partial charge is 0.362 e. The number of carbonyl (C=O) groups is 1. The number of anilines is 1. The molecule has 29 heavy (non-hydrogen) atoms. The molecule has 10 heteroatoms. The Balaban J connectivity index is 1.72. The summed E-state index contributed by atoms with van der Waals surface area (Å²) in [6.07, 6.45) is -0.936. The van der Waals surface area contributed by atoms with Gasteiger partial charge in [0, 0.05) is 23.9 Å². The lowest BCUT2D eigenvalue weighted by Crippen LogP contribution is -2.43. The van der Waals surface area contributed by atoms with Gasteiger partial charge in [-0.25, -0.2) is 4.68 Å². The largest absolute Gasteiger partial charge is 0.410 e. The highest BCUT2D eigenvalue weighted by Gasteiger charge is 2.48. The van der Waals surface area contributed by atoms with Crippen molar-refractivity contribution >= 4 is 39.0 Å². The molecule has 2 aromatic heterocycles. The Morgan fingerprint density at radius 3 is 2.86 bits per heavy atom. The van der Waals surface area contributed by atoms with Crippen LogP contribution >= 0.6 is 27.3 Å². The molecule has 2 aromatic rings. The second kappa shape index (κ2) is 7.94. The van der Waals surface area contributed by atoms with E-state index >= 15 is 0 Å². The van der Waals surface area contributed by atoms with Crippen LogP contribution in [0.5, 0.6) is 0 Å². The third kappa shape index (κ3) is 3.81. The number of carbonyl (C=O) groups excluding carboxylic acids is 1. The van der Waals surface area contributed by atoms with E-state index < -0.39 is 18.3 Å². The molecule has 5 nitrogen and oxygen atoms in total. The number of likely N-dealkylation sites (tertiary alicyclic amines) is 1. The van der Waals surface area contributed by atoms with Crippen molar-refractivity contribution in [3.8, 4) is 0 Å². The molecule has 1 N–H and O–H groups in total. The number of piperidine rings is 1. The van der Waals surface area contributed by atoms with Gasteiger partial charge in [-0.05, 0) is 53.1 Å². The van der Waals surface area contributed by atoms with Gasteiger partial charge in [0.2, 0.25) is 0 Å². The SMILES string of the molecule is CC[C@H]1CCCCN1C(=O)c1nn2c(c1Br)N[C@@H](c1cccs1)C[C@H]2C(F)(F)F. The molecule has 1 fully saturated rings. The maximum atomic E-state index is 13.9. The minimum atomic E-state index is -4.46. The fourth-order valence-electron chi connectivity index (χ4n) is 4.23. The molecular formula is C19H22BrF3N4OS. The van der Waals surface area contributed by atoms with Crippen LogP contribution in [-0.2, 0) is 0 Å². The van der Waals surface area contributed by atoms with Crippen LogP contribution in [0.25, 0.3) is 0 Å². The zero-order chi connectivity index (χ0) is 20.8. The lowest BCUT2D eigenvalue weighted by molar-refractivity contribution is -0.173. The van der Waals surface area contributed by atoms with E-state index in [1.165, 1.54) is 11.3 Å². The van der Waals surface area contributed by atoms with Crippen molar-refractivity contribution < 1.29 is 18.0 Å². The van der Waals surface area contributed by atoms with Crippen molar-refractivity contribution in [1.82, 2.24) is 14.7 Å². The molecule has 0 saturated carbocycles. The predicted molar refractivity (Wildman–Crippen MR) is 109 cm³/mol. The summed E-state index contributed by atoms with van der Waals surface area (Å²) >= 11 is 4.79. The summed E-state index contributed by atoms with van der Waals surface area (Å²) in [7, 11) is 0. The normalized spacial score (nSPS) is 24.9. The first kappa shape index (κ1) is 20.7. The fraction of sp³-hybridized carbons (Fsp3) is 0.579. The molecule has 0 aromatic carbocycles. The number of aromatic nitrogens is 2. The van der Waals surface area contributed by atoms with Crippen molar-refractivity contribution in [2.45, 2.75) is 63.3 Å². The van der Waals surface area contributed by atoms with Gasteiger partial charge >= 0.3 is 6.18 Å². The summed E-state index contributed by atoms with van der Waals surface area (Å²) in [4.78, 5) is 15.8. The molecule has 0 bridgehead atoms. The van der Waals surface area contributed by atoms with Gasteiger partial charge in [-0.2, -0.15) is 18.3 Å². The Labute approximate surface area is 179 Å². The molecule has 0 aliphatic carbocycles. The average Bonchev–Trinajstić information content (AvgIpc) is 3.34. The number of hydrogen-bond acceptors (Lipinski definition) is 4. The van der Waals surface area contributed by atoms with Gasteiger partial charge in [-0.3, -0.25) is 4.79 Å². The fourth-order valence-corrected chi connectivity index (χ4v) is 5.57. The standard InChI is InChI=1S/C19H22BrF3N4OS/c1-2-11-6-3-4-8-26(11)18(28)16-15(20)17-24-12(13-7-5-9-29-13)10-14(19(21,22)23)27(17)25-16/h5,7,9,11-12,14,24H,2-4,6,8,10H2,1H3/t11-,12+,14-/m0/s1. The molecule has 4 heterocycles. The summed E-state index contributed by atoms with van der Waals surface area (Å²) in [5, 5.41) is 9.17. The molecule has 1 amide bonds. The lowest BCUT2D eigenvalue weighted by atomic mass is 9.99. The van der Waals surface area contributed by atoms with Gasteiger partial charge in [0.05, 0.1) is 10.5 Å². The van der Waals surface area contributed by atoms with E-state index in [1.54, 1.807) is 4.90 Å². The maximum absolute atomic E-state index is 13.9. The van der Waals surface area contributed by atoms with Gasteiger partial charge in [-0.1, -0.05) is 13.0 Å². The molecule has 2 aliphatic heterocycles. The molecule has 3 atom stereocenters. The number of nitrogens with one attached hydrogen (secondary N) is 1. The average molecular weight is 491 g/mol. The van der Waals surface area contributed by atoms with Gasteiger partial charge in [0.15, 0.2) is 11.7 Å². The van der Waals surface area contributed by atoms with Gasteiger partial charge in [0.1, 0.15) is 5.82 Å². The second-order valence-corrected chi connectivity index (χ2v) is 9.29. The van der Waals surface area contributed by atoms with Gasteiger partial charge in [-0.15, -0.1) is 11.3 Å². The highest BCUT2D eigenvalue weighted by molar-refractivity contribution is 9.10. The summed E-state index contributed by atoms with van der Waals surface area (Å²) in [6, 6.07) is 1.48. The van der Waals surface area contributed by atoms with Crippen LogP contribution in [0.4, 0.5) is 19.0 Å². The van der Waals surface area contributed by atoms with Gasteiger partial charge in [0.25, 0.3) is 5.91 Å². The molecule has 0 unspecified atom stereocenters. The van der Waals surface area contributed by atoms with Crippen molar-refractivity contribution in [2.75, 3.05) is 11.9 Å². The van der Waals surface area contributed by atoms with Crippen LogP contribution in [0.15, 0.2) is 22.0 Å². The third-order valence-corrected chi connectivity index (χ3v) is 7.48. The molecule has 4 rings (SSSR count). The quantitative estimate of drug-likeness (QED) is 0.593. The van der Waals surface area contributed by atoms with E-state index in [0.717, 1.165) is 35.2 Å². The van der Waals surface area contributed by atoms with Crippen LogP contribution < -0.4 is 5.32 Å². The first-order chi connectivity index (χ1) is 13.8. The van der Waals surface area contributed by atoms with Crippen molar-refractivity contribution in [3.63, 3.8) is 0 Å². The Bertz CT molecular complexity index is 883. The minimum Gasteiger partial charge on any atom is -0.362 e. The molecular weight excluding hydrogens is 469 g/mol. The van der Waals surface area contributed by atoms with Crippen LogP contribution in [0.1, 0.15) is 66.5 Å². The van der Waals surface area contributed by atoms with E-state index in [-0.39, 0.29) is 29.9 Å². The minimum absolute atomic E-state index is 0.0499.